The van der Waals surface area contributed by atoms with Crippen molar-refractivity contribution in [2.24, 2.45) is 0 Å². The minimum Gasteiger partial charge on any atom is -0.335 e. The summed E-state index contributed by atoms with van der Waals surface area (Å²) in [6.45, 7) is 8.46. The Hall–Kier alpha value is -1.25. The Balaban J connectivity index is 2.39. The summed E-state index contributed by atoms with van der Waals surface area (Å²) in [5, 5.41) is 3.08. The molecule has 1 N–H and O–H groups in total. The average molecular weight is 222 g/mol. The van der Waals surface area contributed by atoms with Gasteiger partial charge in [-0.15, -0.1) is 13.2 Å². The highest BCUT2D eigenvalue weighted by atomic mass is 16.2. The van der Waals surface area contributed by atoms with E-state index in [1.165, 1.54) is 19.3 Å². The van der Waals surface area contributed by atoms with E-state index in [4.69, 9.17) is 0 Å². The first kappa shape index (κ1) is 12.8. The summed E-state index contributed by atoms with van der Waals surface area (Å²) in [6.07, 6.45) is 9.47. The first-order valence-electron chi connectivity index (χ1n) is 6.05. The minimum absolute atomic E-state index is 0.00620. The number of nitrogens with zero attached hydrogens (tertiary/aromatic N) is 1. The molecule has 0 heterocycles. The number of carbonyl (C=O) groups excluding carboxylic acids is 1. The number of rotatable bonds is 5. The van der Waals surface area contributed by atoms with Crippen molar-refractivity contribution in [2.75, 3.05) is 13.1 Å². The zero-order valence-electron chi connectivity index (χ0n) is 9.95. The van der Waals surface area contributed by atoms with E-state index in [0.29, 0.717) is 19.1 Å². The summed E-state index contributed by atoms with van der Waals surface area (Å²) in [4.78, 5) is 13.6. The van der Waals surface area contributed by atoms with Crippen LogP contribution < -0.4 is 5.32 Å². The van der Waals surface area contributed by atoms with Crippen molar-refractivity contribution in [3.05, 3.63) is 25.3 Å². The molecule has 0 saturated heterocycles. The van der Waals surface area contributed by atoms with E-state index in [1.807, 2.05) is 0 Å². The molecule has 0 aromatic heterocycles. The number of nitrogens with one attached hydrogen (secondary N) is 1. The first-order valence-corrected chi connectivity index (χ1v) is 6.05. The van der Waals surface area contributed by atoms with Crippen LogP contribution in [-0.4, -0.2) is 30.1 Å². The van der Waals surface area contributed by atoms with Crippen LogP contribution in [0.15, 0.2) is 25.3 Å². The van der Waals surface area contributed by atoms with E-state index in [2.05, 4.69) is 18.5 Å². The predicted octanol–water partition coefficient (Wildman–Crippen LogP) is 2.70. The van der Waals surface area contributed by atoms with Crippen LogP contribution in [0, 0.1) is 0 Å². The van der Waals surface area contributed by atoms with Gasteiger partial charge < -0.3 is 10.2 Å². The van der Waals surface area contributed by atoms with E-state index in [-0.39, 0.29) is 6.03 Å². The van der Waals surface area contributed by atoms with Crippen LogP contribution in [-0.2, 0) is 0 Å². The van der Waals surface area contributed by atoms with Crippen molar-refractivity contribution in [2.45, 2.75) is 38.1 Å². The summed E-state index contributed by atoms with van der Waals surface area (Å²) < 4.78 is 0. The Labute approximate surface area is 98.2 Å². The second kappa shape index (κ2) is 7.09. The van der Waals surface area contributed by atoms with Gasteiger partial charge in [-0.25, -0.2) is 4.79 Å². The normalized spacial score (nSPS) is 16.5. The minimum atomic E-state index is 0.00620. The van der Waals surface area contributed by atoms with Crippen molar-refractivity contribution in [1.82, 2.24) is 10.2 Å². The lowest BCUT2D eigenvalue weighted by Gasteiger charge is -2.27. The molecule has 0 aromatic rings. The smallest absolute Gasteiger partial charge is 0.318 e. The van der Waals surface area contributed by atoms with Gasteiger partial charge in [-0.05, 0) is 12.8 Å². The Kier molecular flexibility index (Phi) is 5.68. The van der Waals surface area contributed by atoms with Crippen molar-refractivity contribution in [3.63, 3.8) is 0 Å². The summed E-state index contributed by atoms with van der Waals surface area (Å²) in [6, 6.07) is 0.366. The van der Waals surface area contributed by atoms with Crippen LogP contribution >= 0.6 is 0 Å². The molecule has 3 heteroatoms. The standard InChI is InChI=1S/C13H22N2O/c1-3-10-15(11-4-2)13(16)14-12-8-6-5-7-9-12/h3-4,12H,1-2,5-11H2,(H,14,16). The molecule has 0 spiro atoms. The molecule has 0 aliphatic heterocycles. The number of urea groups is 1. The lowest BCUT2D eigenvalue weighted by molar-refractivity contribution is 0.200. The van der Waals surface area contributed by atoms with Gasteiger partial charge in [0.2, 0.25) is 0 Å². The number of carbonyl (C=O) groups is 1. The maximum atomic E-state index is 11.9. The fourth-order valence-electron chi connectivity index (χ4n) is 2.06. The molecule has 1 aliphatic carbocycles. The van der Waals surface area contributed by atoms with Gasteiger partial charge in [0.15, 0.2) is 0 Å². The van der Waals surface area contributed by atoms with Gasteiger partial charge >= 0.3 is 6.03 Å². The van der Waals surface area contributed by atoms with Gasteiger partial charge in [-0.2, -0.15) is 0 Å². The molecule has 3 nitrogen and oxygen atoms in total. The van der Waals surface area contributed by atoms with Gasteiger partial charge in [0.25, 0.3) is 0 Å². The Bertz CT molecular complexity index is 234. The predicted molar refractivity (Wildman–Crippen MR) is 67.4 cm³/mol. The van der Waals surface area contributed by atoms with Gasteiger partial charge in [0.1, 0.15) is 0 Å². The molecule has 0 atom stereocenters. The lowest BCUT2D eigenvalue weighted by atomic mass is 9.96. The molecule has 0 unspecified atom stereocenters. The van der Waals surface area contributed by atoms with Crippen LogP contribution in [0.1, 0.15) is 32.1 Å². The molecule has 0 aromatic carbocycles. The number of hydrogen-bond acceptors (Lipinski definition) is 1. The van der Waals surface area contributed by atoms with E-state index in [1.54, 1.807) is 17.1 Å². The Morgan fingerprint density at radius 3 is 2.25 bits per heavy atom. The zero-order valence-corrected chi connectivity index (χ0v) is 9.95. The van der Waals surface area contributed by atoms with Crippen LogP contribution in [0.3, 0.4) is 0 Å². The first-order chi connectivity index (χ1) is 7.77. The quantitative estimate of drug-likeness (QED) is 0.713. The molecule has 2 amide bonds. The van der Waals surface area contributed by atoms with Crippen LogP contribution in [0.2, 0.25) is 0 Å². The molecular weight excluding hydrogens is 200 g/mol. The van der Waals surface area contributed by atoms with Crippen molar-refractivity contribution >= 4 is 6.03 Å². The molecule has 16 heavy (non-hydrogen) atoms. The fraction of sp³-hybridized carbons (Fsp3) is 0.615. The average Bonchev–Trinajstić information content (AvgIpc) is 2.30. The summed E-state index contributed by atoms with van der Waals surface area (Å²) in [7, 11) is 0. The highest BCUT2D eigenvalue weighted by molar-refractivity contribution is 5.74. The molecular formula is C13H22N2O. The second-order valence-electron chi connectivity index (χ2n) is 4.27. The van der Waals surface area contributed by atoms with Gasteiger partial charge in [-0.3, -0.25) is 0 Å². The van der Waals surface area contributed by atoms with Crippen LogP contribution in [0.4, 0.5) is 4.79 Å². The highest BCUT2D eigenvalue weighted by Gasteiger charge is 2.18. The topological polar surface area (TPSA) is 32.3 Å². The SMILES string of the molecule is C=CCN(CC=C)C(=O)NC1CCCCC1. The zero-order chi connectivity index (χ0) is 11.8. The Morgan fingerprint density at radius 2 is 1.75 bits per heavy atom. The van der Waals surface area contributed by atoms with Gasteiger partial charge in [-0.1, -0.05) is 31.4 Å². The third kappa shape index (κ3) is 4.09. The van der Waals surface area contributed by atoms with Crippen LogP contribution in [0.5, 0.6) is 0 Å². The maximum Gasteiger partial charge on any atom is 0.318 e. The van der Waals surface area contributed by atoms with E-state index in [9.17, 15) is 4.79 Å². The maximum absolute atomic E-state index is 11.9. The second-order valence-corrected chi connectivity index (χ2v) is 4.27. The van der Waals surface area contributed by atoms with Gasteiger partial charge in [0, 0.05) is 19.1 Å². The van der Waals surface area contributed by atoms with E-state index < -0.39 is 0 Å². The molecule has 1 rings (SSSR count). The largest absolute Gasteiger partial charge is 0.335 e. The van der Waals surface area contributed by atoms with Crippen molar-refractivity contribution < 1.29 is 4.79 Å². The summed E-state index contributed by atoms with van der Waals surface area (Å²) in [5.74, 6) is 0. The molecule has 0 bridgehead atoms. The van der Waals surface area contributed by atoms with Crippen LogP contribution in [0.25, 0.3) is 0 Å². The number of hydrogen-bond donors (Lipinski definition) is 1. The lowest BCUT2D eigenvalue weighted by Crippen LogP contribution is -2.45. The molecule has 90 valence electrons. The fourth-order valence-corrected chi connectivity index (χ4v) is 2.06. The van der Waals surface area contributed by atoms with E-state index in [0.717, 1.165) is 12.8 Å². The molecule has 1 aliphatic rings. The summed E-state index contributed by atoms with van der Waals surface area (Å²) >= 11 is 0. The van der Waals surface area contributed by atoms with Gasteiger partial charge in [0.05, 0.1) is 0 Å². The molecule has 1 fully saturated rings. The Morgan fingerprint density at radius 1 is 1.19 bits per heavy atom. The third-order valence-electron chi connectivity index (χ3n) is 2.92. The molecule has 0 radical (unpaired) electrons. The molecule has 1 saturated carbocycles. The highest BCUT2D eigenvalue weighted by Crippen LogP contribution is 2.17. The summed E-state index contributed by atoms with van der Waals surface area (Å²) in [5.41, 5.74) is 0. The third-order valence-corrected chi connectivity index (χ3v) is 2.92. The van der Waals surface area contributed by atoms with Crippen molar-refractivity contribution in [3.8, 4) is 0 Å². The monoisotopic (exact) mass is 222 g/mol. The van der Waals surface area contributed by atoms with Crippen molar-refractivity contribution in [1.29, 1.82) is 0 Å². The van der Waals surface area contributed by atoms with E-state index >= 15 is 0 Å². The number of amides is 2.